The molecule has 7 nitrogen and oxygen atoms in total. The van der Waals surface area contributed by atoms with Crippen LogP contribution in [-0.4, -0.2) is 48.0 Å². The van der Waals surface area contributed by atoms with Crippen molar-refractivity contribution >= 4 is 35.3 Å². The minimum Gasteiger partial charge on any atom is -0.449 e. The first-order valence-electron chi connectivity index (χ1n) is 8.40. The van der Waals surface area contributed by atoms with Crippen LogP contribution in [0, 0.1) is 5.92 Å². The molecule has 132 valence electrons. The fourth-order valence-electron chi connectivity index (χ4n) is 3.41. The van der Waals surface area contributed by atoms with Crippen molar-refractivity contribution in [3.8, 4) is 0 Å². The van der Waals surface area contributed by atoms with E-state index in [4.69, 9.17) is 4.42 Å². The van der Waals surface area contributed by atoms with Crippen LogP contribution in [0.4, 0.5) is 5.69 Å². The topological polar surface area (TPSA) is 92.5 Å². The summed E-state index contributed by atoms with van der Waals surface area (Å²) in [6, 6.07) is 3.68. The first-order valence-corrected chi connectivity index (χ1v) is 8.40. The van der Waals surface area contributed by atoms with Crippen LogP contribution in [0.3, 0.4) is 0 Å². The van der Waals surface area contributed by atoms with Gasteiger partial charge in [0.2, 0.25) is 6.41 Å². The number of carbonyl (C=O) groups excluding carboxylic acids is 3. The smallest absolute Gasteiger partial charge is 0.209 e. The Morgan fingerprint density at radius 2 is 2.12 bits per heavy atom. The lowest BCUT2D eigenvalue weighted by Gasteiger charge is -2.32. The Bertz CT molecular complexity index is 778. The number of anilines is 1. The highest BCUT2D eigenvalue weighted by atomic mass is 16.3. The number of amides is 1. The Morgan fingerprint density at radius 3 is 2.80 bits per heavy atom. The molecule has 1 saturated carbocycles. The van der Waals surface area contributed by atoms with E-state index in [9.17, 15) is 14.4 Å². The third kappa shape index (κ3) is 3.55. The van der Waals surface area contributed by atoms with Crippen molar-refractivity contribution in [2.75, 3.05) is 18.9 Å². The molecular formula is C18H21N3O4. The van der Waals surface area contributed by atoms with E-state index in [2.05, 4.69) is 10.3 Å². The fraction of sp³-hybridized carbons (Fsp3) is 0.444. The molecule has 2 aromatic rings. The highest BCUT2D eigenvalue weighted by Crippen LogP contribution is 2.30. The fourth-order valence-corrected chi connectivity index (χ4v) is 3.41. The Morgan fingerprint density at radius 1 is 1.36 bits per heavy atom. The third-order valence-electron chi connectivity index (χ3n) is 4.91. The number of nitrogens with one attached hydrogen (secondary N) is 1. The second-order valence-electron chi connectivity index (χ2n) is 6.41. The summed E-state index contributed by atoms with van der Waals surface area (Å²) in [4.78, 5) is 40.4. The number of fused-ring (bicyclic) bond motifs is 1. The molecule has 0 radical (unpaired) electrons. The van der Waals surface area contributed by atoms with Crippen LogP contribution >= 0.6 is 0 Å². The van der Waals surface area contributed by atoms with Gasteiger partial charge >= 0.3 is 0 Å². The predicted molar refractivity (Wildman–Crippen MR) is 92.5 cm³/mol. The molecule has 1 N–H and O–H groups in total. The maximum absolute atomic E-state index is 12.5. The molecule has 1 aliphatic rings. The normalized spacial score (nSPS) is 20.2. The van der Waals surface area contributed by atoms with Gasteiger partial charge in [0.1, 0.15) is 11.2 Å². The molecule has 1 amide bonds. The van der Waals surface area contributed by atoms with Crippen molar-refractivity contribution in [3.05, 3.63) is 24.1 Å². The molecule has 3 rings (SSSR count). The van der Waals surface area contributed by atoms with Gasteiger partial charge in [0.15, 0.2) is 23.4 Å². The van der Waals surface area contributed by atoms with Crippen LogP contribution in [0.5, 0.6) is 0 Å². The van der Waals surface area contributed by atoms with Crippen LogP contribution in [-0.2, 0) is 9.59 Å². The number of aromatic nitrogens is 1. The van der Waals surface area contributed by atoms with Gasteiger partial charge in [0.25, 0.3) is 0 Å². The van der Waals surface area contributed by atoms with E-state index >= 15 is 0 Å². The zero-order valence-electron chi connectivity index (χ0n) is 14.1. The van der Waals surface area contributed by atoms with E-state index in [0.29, 0.717) is 23.1 Å². The van der Waals surface area contributed by atoms with Crippen LogP contribution < -0.4 is 5.32 Å². The summed E-state index contributed by atoms with van der Waals surface area (Å²) >= 11 is 0. The average Bonchev–Trinajstić information content (AvgIpc) is 3.03. The molecule has 0 aliphatic heterocycles. The maximum atomic E-state index is 12.5. The maximum Gasteiger partial charge on any atom is 0.209 e. The number of ketones is 1. The first-order chi connectivity index (χ1) is 12.1. The average molecular weight is 343 g/mol. The summed E-state index contributed by atoms with van der Waals surface area (Å²) in [6.45, 7) is 0.130. The van der Waals surface area contributed by atoms with Crippen molar-refractivity contribution in [3.63, 3.8) is 0 Å². The number of hydrogen-bond acceptors (Lipinski definition) is 6. The van der Waals surface area contributed by atoms with E-state index in [1.807, 2.05) is 0 Å². The van der Waals surface area contributed by atoms with Crippen LogP contribution in [0.1, 0.15) is 36.2 Å². The van der Waals surface area contributed by atoms with Gasteiger partial charge in [-0.25, -0.2) is 0 Å². The van der Waals surface area contributed by atoms with Gasteiger partial charge in [-0.3, -0.25) is 19.4 Å². The molecule has 0 saturated heterocycles. The number of aldehydes is 1. The number of pyridine rings is 1. The second-order valence-corrected chi connectivity index (χ2v) is 6.41. The van der Waals surface area contributed by atoms with Crippen molar-refractivity contribution < 1.29 is 18.8 Å². The largest absolute Gasteiger partial charge is 0.449 e. The summed E-state index contributed by atoms with van der Waals surface area (Å²) in [5.74, 6) is 0.238. The van der Waals surface area contributed by atoms with E-state index < -0.39 is 0 Å². The summed E-state index contributed by atoms with van der Waals surface area (Å²) < 4.78 is 5.44. The summed E-state index contributed by atoms with van der Waals surface area (Å²) in [5.41, 5.74) is 1.53. The van der Waals surface area contributed by atoms with E-state index in [1.54, 1.807) is 30.3 Å². The van der Waals surface area contributed by atoms with Crippen LogP contribution in [0.2, 0.25) is 0 Å². The minimum absolute atomic E-state index is 0.0189. The van der Waals surface area contributed by atoms with Crippen molar-refractivity contribution in [2.45, 2.75) is 31.7 Å². The lowest BCUT2D eigenvalue weighted by Crippen LogP contribution is -2.36. The number of rotatable bonds is 7. The lowest BCUT2D eigenvalue weighted by molar-refractivity contribution is -0.123. The van der Waals surface area contributed by atoms with Gasteiger partial charge in [-0.2, -0.15) is 0 Å². The zero-order chi connectivity index (χ0) is 17.8. The summed E-state index contributed by atoms with van der Waals surface area (Å²) in [6.07, 6.45) is 6.29. The van der Waals surface area contributed by atoms with Crippen LogP contribution in [0.25, 0.3) is 11.1 Å². The summed E-state index contributed by atoms with van der Waals surface area (Å²) in [5, 5.41) is 3.03. The third-order valence-corrected chi connectivity index (χ3v) is 4.91. The number of furan rings is 1. The molecule has 0 spiro atoms. The molecule has 1 aliphatic carbocycles. The standard InChI is InChI=1S/C18H21N3O4/c1-21(11-23)13-6-4-12(5-7-13)14(24)9-20-18-16(10-22)25-15-3-2-8-19-17(15)18/h2-3,8,10-13,20H,4-7,9H2,1H3. The highest BCUT2D eigenvalue weighted by Gasteiger charge is 2.28. The first kappa shape index (κ1) is 17.1. The van der Waals surface area contributed by atoms with Gasteiger partial charge in [0.05, 0.1) is 6.54 Å². The van der Waals surface area contributed by atoms with Gasteiger partial charge in [-0.05, 0) is 37.8 Å². The molecule has 2 heterocycles. The highest BCUT2D eigenvalue weighted by molar-refractivity contribution is 5.98. The molecule has 2 aromatic heterocycles. The van der Waals surface area contributed by atoms with E-state index in [0.717, 1.165) is 32.1 Å². The van der Waals surface area contributed by atoms with E-state index in [1.165, 1.54) is 0 Å². The monoisotopic (exact) mass is 343 g/mol. The molecule has 7 heteroatoms. The Balaban J connectivity index is 1.62. The lowest BCUT2D eigenvalue weighted by atomic mass is 9.83. The molecule has 0 atom stereocenters. The number of Topliss-reactive ketones (excluding diaryl/α,β-unsaturated/α-hetero) is 1. The molecule has 25 heavy (non-hydrogen) atoms. The number of nitrogens with zero attached hydrogens (tertiary/aromatic N) is 2. The quantitative estimate of drug-likeness (QED) is 0.775. The predicted octanol–water partition coefficient (Wildman–Crippen LogP) is 2.27. The number of carbonyl (C=O) groups is 3. The van der Waals surface area contributed by atoms with Gasteiger partial charge in [-0.15, -0.1) is 0 Å². The number of hydrogen-bond donors (Lipinski definition) is 1. The zero-order valence-corrected chi connectivity index (χ0v) is 14.1. The molecular weight excluding hydrogens is 322 g/mol. The second kappa shape index (κ2) is 7.46. The molecule has 0 unspecified atom stereocenters. The Hall–Kier alpha value is -2.70. The van der Waals surface area contributed by atoms with Crippen LogP contribution in [0.15, 0.2) is 22.7 Å². The Labute approximate surface area is 145 Å². The van der Waals surface area contributed by atoms with Crippen molar-refractivity contribution in [1.29, 1.82) is 0 Å². The minimum atomic E-state index is -0.0189. The van der Waals surface area contributed by atoms with Gasteiger partial charge in [-0.1, -0.05) is 0 Å². The summed E-state index contributed by atoms with van der Waals surface area (Å²) in [7, 11) is 1.78. The van der Waals surface area contributed by atoms with E-state index in [-0.39, 0.29) is 30.0 Å². The van der Waals surface area contributed by atoms with Crippen molar-refractivity contribution in [2.24, 2.45) is 5.92 Å². The van der Waals surface area contributed by atoms with Gasteiger partial charge in [0, 0.05) is 25.2 Å². The molecule has 1 fully saturated rings. The SMILES string of the molecule is CN(C=O)C1CCC(C(=O)CNc2c(C=O)oc3cccnc23)CC1. The Kier molecular flexibility index (Phi) is 5.11. The van der Waals surface area contributed by atoms with Crippen molar-refractivity contribution in [1.82, 2.24) is 9.88 Å². The molecule has 0 bridgehead atoms. The van der Waals surface area contributed by atoms with Gasteiger partial charge < -0.3 is 14.6 Å². The molecule has 0 aromatic carbocycles.